The molecule has 0 spiro atoms. The Morgan fingerprint density at radius 3 is 2.67 bits per heavy atom. The molecule has 0 radical (unpaired) electrons. The summed E-state index contributed by atoms with van der Waals surface area (Å²) in [6.45, 7) is 0.778. The van der Waals surface area contributed by atoms with Crippen LogP contribution in [0.5, 0.6) is 5.88 Å². The smallest absolute Gasteiger partial charge is 0.335 e. The van der Waals surface area contributed by atoms with Crippen LogP contribution in [0.15, 0.2) is 72.5 Å². The summed E-state index contributed by atoms with van der Waals surface area (Å²) in [6.07, 6.45) is 3.75. The molecule has 0 saturated carbocycles. The Hall–Kier alpha value is -5.58. The molecular weight excluding hydrogens is 643 g/mol. The third-order valence-electron chi connectivity index (χ3n) is 7.77. The number of fused-ring (bicyclic) bond motifs is 1. The highest BCUT2D eigenvalue weighted by atomic mass is 32.1. The van der Waals surface area contributed by atoms with Crippen LogP contribution in [0.25, 0.3) is 22.3 Å². The third-order valence-corrected chi connectivity index (χ3v) is 8.46. The number of carbonyl (C=O) groups is 1. The van der Waals surface area contributed by atoms with Gasteiger partial charge in [0.1, 0.15) is 35.6 Å². The molecule has 5 heterocycles. The molecule has 1 fully saturated rings. The first-order valence-electron chi connectivity index (χ1n) is 14.8. The van der Waals surface area contributed by atoms with Gasteiger partial charge in [0, 0.05) is 36.4 Å². The number of halogens is 3. The molecule has 1 N–H and O–H groups in total. The number of thiazole rings is 1. The quantitative estimate of drug-likeness (QED) is 0.176. The maximum absolute atomic E-state index is 15.6. The molecule has 4 aromatic heterocycles. The van der Waals surface area contributed by atoms with Gasteiger partial charge in [0.05, 0.1) is 51.5 Å². The standard InChI is InChI=1S/C35H24F3N5O4S/c36-26-14-25(29-2-1-3-34(42-29)47-18-31-28(38)10-20(15-40-31)4-6-24-16-39-19-48-24)27(37)11-22(26)13-33-41-30-7-5-21(35(44)45)12-32(30)43(33)17-23-8-9-46-23/h1-3,5,7,10-12,14-16,19,23H,8-9,13,17-18H2,(H,44,45). The summed E-state index contributed by atoms with van der Waals surface area (Å²) in [5.74, 6) is 3.17. The van der Waals surface area contributed by atoms with Gasteiger partial charge in [0.2, 0.25) is 5.88 Å². The van der Waals surface area contributed by atoms with Gasteiger partial charge in [-0.2, -0.15) is 0 Å². The van der Waals surface area contributed by atoms with Crippen LogP contribution in [0.2, 0.25) is 0 Å². The molecule has 13 heteroatoms. The van der Waals surface area contributed by atoms with Gasteiger partial charge in [-0.3, -0.25) is 9.97 Å². The topological polar surface area (TPSA) is 112 Å². The van der Waals surface area contributed by atoms with Gasteiger partial charge in [-0.1, -0.05) is 12.0 Å². The van der Waals surface area contributed by atoms with Gasteiger partial charge in [0.15, 0.2) is 0 Å². The molecule has 1 saturated heterocycles. The Morgan fingerprint density at radius 2 is 1.92 bits per heavy atom. The molecule has 0 bridgehead atoms. The van der Waals surface area contributed by atoms with Crippen molar-refractivity contribution in [3.8, 4) is 29.0 Å². The Labute approximate surface area is 275 Å². The Balaban J connectivity index is 1.09. The van der Waals surface area contributed by atoms with Gasteiger partial charge < -0.3 is 19.1 Å². The fourth-order valence-corrected chi connectivity index (χ4v) is 5.67. The van der Waals surface area contributed by atoms with Gasteiger partial charge >= 0.3 is 5.97 Å². The van der Waals surface area contributed by atoms with E-state index in [4.69, 9.17) is 9.47 Å². The Bertz CT molecular complexity index is 2230. The minimum Gasteiger partial charge on any atom is -0.478 e. The van der Waals surface area contributed by atoms with E-state index in [1.807, 2.05) is 0 Å². The number of nitrogens with zero attached hydrogens (tertiary/aromatic N) is 5. The van der Waals surface area contributed by atoms with Crippen LogP contribution >= 0.6 is 11.3 Å². The van der Waals surface area contributed by atoms with Gasteiger partial charge in [-0.25, -0.2) is 27.9 Å². The van der Waals surface area contributed by atoms with Crippen molar-refractivity contribution in [1.29, 1.82) is 0 Å². The first-order valence-corrected chi connectivity index (χ1v) is 15.7. The van der Waals surface area contributed by atoms with Crippen molar-refractivity contribution in [3.63, 3.8) is 0 Å². The predicted octanol–water partition coefficient (Wildman–Crippen LogP) is 6.42. The summed E-state index contributed by atoms with van der Waals surface area (Å²) in [4.78, 5) is 29.3. The molecule has 1 unspecified atom stereocenters. The van der Waals surface area contributed by atoms with Gasteiger partial charge in [-0.15, -0.1) is 11.3 Å². The second kappa shape index (κ2) is 13.3. The first-order chi connectivity index (χ1) is 23.3. The second-order valence-electron chi connectivity index (χ2n) is 10.9. The normalized spacial score (nSPS) is 13.9. The van der Waals surface area contributed by atoms with E-state index in [1.165, 1.54) is 47.9 Å². The largest absolute Gasteiger partial charge is 0.478 e. The first kappa shape index (κ1) is 31.0. The zero-order chi connectivity index (χ0) is 33.2. The maximum Gasteiger partial charge on any atom is 0.335 e. The molecule has 1 aliphatic heterocycles. The van der Waals surface area contributed by atoms with E-state index in [0.29, 0.717) is 35.6 Å². The Morgan fingerprint density at radius 1 is 1.04 bits per heavy atom. The Kier molecular flexibility index (Phi) is 8.58. The lowest BCUT2D eigenvalue weighted by molar-refractivity contribution is -0.0589. The molecule has 240 valence electrons. The number of hydrogen-bond acceptors (Lipinski definition) is 8. The van der Waals surface area contributed by atoms with Crippen molar-refractivity contribution >= 4 is 28.3 Å². The molecule has 2 aromatic carbocycles. The second-order valence-corrected chi connectivity index (χ2v) is 11.8. The highest BCUT2D eigenvalue weighted by Gasteiger charge is 2.24. The van der Waals surface area contributed by atoms with E-state index in [1.54, 1.807) is 28.4 Å². The highest BCUT2D eigenvalue weighted by Crippen LogP contribution is 2.29. The van der Waals surface area contributed by atoms with Crippen LogP contribution < -0.4 is 4.74 Å². The molecule has 0 amide bonds. The highest BCUT2D eigenvalue weighted by molar-refractivity contribution is 7.10. The van der Waals surface area contributed by atoms with E-state index in [-0.39, 0.29) is 53.1 Å². The molecule has 1 atom stereocenters. The van der Waals surface area contributed by atoms with E-state index in [9.17, 15) is 14.3 Å². The monoisotopic (exact) mass is 667 g/mol. The zero-order valence-electron chi connectivity index (χ0n) is 25.0. The average Bonchev–Trinajstić information content (AvgIpc) is 3.70. The van der Waals surface area contributed by atoms with Crippen molar-refractivity contribution in [2.24, 2.45) is 0 Å². The number of benzene rings is 2. The molecule has 48 heavy (non-hydrogen) atoms. The summed E-state index contributed by atoms with van der Waals surface area (Å²) in [7, 11) is 0. The lowest BCUT2D eigenvalue weighted by Crippen LogP contribution is -2.31. The van der Waals surface area contributed by atoms with Gasteiger partial charge in [0.25, 0.3) is 0 Å². The minimum atomic E-state index is -1.08. The van der Waals surface area contributed by atoms with Gasteiger partial charge in [-0.05, 0) is 60.4 Å². The molecule has 6 aromatic rings. The average molecular weight is 668 g/mol. The molecule has 0 aliphatic carbocycles. The van der Waals surface area contributed by atoms with Crippen molar-refractivity contribution in [2.75, 3.05) is 6.61 Å². The van der Waals surface area contributed by atoms with E-state index >= 15 is 8.78 Å². The third kappa shape index (κ3) is 6.62. The van der Waals surface area contributed by atoms with Crippen LogP contribution in [0.3, 0.4) is 0 Å². The van der Waals surface area contributed by atoms with E-state index in [2.05, 4.69) is 31.8 Å². The number of aromatic nitrogens is 5. The SMILES string of the molecule is O=C(O)c1ccc2nc(Cc3cc(F)c(-c4cccc(OCc5ncc(C#Cc6cncs6)cc5F)n4)cc3F)n(CC3CCO3)c2c1. The van der Waals surface area contributed by atoms with Crippen LogP contribution in [0.1, 0.15) is 44.3 Å². The lowest BCUT2D eigenvalue weighted by Gasteiger charge is -2.27. The van der Waals surface area contributed by atoms with Crippen molar-refractivity contribution in [2.45, 2.75) is 32.1 Å². The predicted molar refractivity (Wildman–Crippen MR) is 170 cm³/mol. The van der Waals surface area contributed by atoms with Crippen molar-refractivity contribution in [3.05, 3.63) is 123 Å². The summed E-state index contributed by atoms with van der Waals surface area (Å²) in [5, 5.41) is 9.48. The van der Waals surface area contributed by atoms with Crippen LogP contribution in [-0.4, -0.2) is 48.3 Å². The number of rotatable bonds is 9. The minimum absolute atomic E-state index is 0.0289. The maximum atomic E-state index is 15.6. The molecular formula is C35H24F3N5O4S. The number of hydrogen-bond donors (Lipinski definition) is 1. The molecule has 7 rings (SSSR count). The summed E-state index contributed by atoms with van der Waals surface area (Å²) in [5.41, 5.74) is 3.38. The lowest BCUT2D eigenvalue weighted by atomic mass is 10.0. The number of carboxylic acid groups (broad SMARTS) is 1. The molecule has 1 aliphatic rings. The number of aromatic carboxylic acids is 1. The fraction of sp³-hybridized carbons (Fsp3) is 0.171. The number of carboxylic acids is 1. The van der Waals surface area contributed by atoms with Crippen LogP contribution in [0, 0.1) is 29.3 Å². The number of pyridine rings is 2. The fourth-order valence-electron chi connectivity index (χ4n) is 5.21. The number of imidazole rings is 1. The van der Waals surface area contributed by atoms with Crippen LogP contribution in [0.4, 0.5) is 13.2 Å². The molecule has 9 nitrogen and oxygen atoms in total. The van der Waals surface area contributed by atoms with E-state index < -0.39 is 23.4 Å². The van der Waals surface area contributed by atoms with E-state index in [0.717, 1.165) is 23.4 Å². The summed E-state index contributed by atoms with van der Waals surface area (Å²) < 4.78 is 58.8. The zero-order valence-corrected chi connectivity index (χ0v) is 25.8. The number of ether oxygens (including phenoxy) is 2. The van der Waals surface area contributed by atoms with Crippen LogP contribution in [-0.2, 0) is 24.3 Å². The summed E-state index contributed by atoms with van der Waals surface area (Å²) >= 11 is 1.37. The van der Waals surface area contributed by atoms with Crippen molar-refractivity contribution < 1.29 is 32.5 Å². The summed E-state index contributed by atoms with van der Waals surface area (Å²) in [6, 6.07) is 12.6. The van der Waals surface area contributed by atoms with Crippen molar-refractivity contribution in [1.82, 2.24) is 24.5 Å².